The number of hydrogen-bond donors (Lipinski definition) is 3. The summed E-state index contributed by atoms with van der Waals surface area (Å²) in [6, 6.07) is 15.4. The standard InChI is InChI=1S/C23H26N2O4/c26-21(15-6-7-20-16(8-15)9-22(27)24-20)13-25-12-17-10-19(11-23(17,28)14-25)29-18-4-2-1-3-5-18/h1-8,17,19,21,26,28H,9-14H2,(H,24,27)/t17-,19+,21?,23-/m1/s1. The molecule has 6 heteroatoms. The average Bonchev–Trinajstić information content (AvgIpc) is 3.29. The number of ether oxygens (including phenoxy) is 1. The fourth-order valence-corrected chi connectivity index (χ4v) is 5.11. The number of fused-ring (bicyclic) bond motifs is 2. The molecule has 2 heterocycles. The number of benzene rings is 2. The number of β-amino-alcohol motifs (C(OH)–C–C–N with tert-alkyl or cyclic N) is 2. The van der Waals surface area contributed by atoms with E-state index < -0.39 is 11.7 Å². The minimum absolute atomic E-state index is 0.00601. The van der Waals surface area contributed by atoms with E-state index in [-0.39, 0.29) is 17.9 Å². The zero-order valence-electron chi connectivity index (χ0n) is 16.3. The molecule has 2 fully saturated rings. The van der Waals surface area contributed by atoms with Gasteiger partial charge in [-0.1, -0.05) is 30.3 Å². The van der Waals surface area contributed by atoms with Gasteiger partial charge in [-0.05, 0) is 35.7 Å². The summed E-state index contributed by atoms with van der Waals surface area (Å²) in [5.41, 5.74) is 1.83. The van der Waals surface area contributed by atoms with Gasteiger partial charge in [-0.3, -0.25) is 9.69 Å². The number of amides is 1. The molecule has 3 N–H and O–H groups in total. The summed E-state index contributed by atoms with van der Waals surface area (Å²) >= 11 is 0. The Morgan fingerprint density at radius 2 is 2.07 bits per heavy atom. The number of para-hydroxylation sites is 1. The van der Waals surface area contributed by atoms with Crippen molar-refractivity contribution < 1.29 is 19.7 Å². The topological polar surface area (TPSA) is 82.0 Å². The Hall–Kier alpha value is -2.41. The van der Waals surface area contributed by atoms with E-state index in [9.17, 15) is 15.0 Å². The van der Waals surface area contributed by atoms with Crippen LogP contribution in [0.1, 0.15) is 30.1 Å². The minimum atomic E-state index is -0.757. The summed E-state index contributed by atoms with van der Waals surface area (Å²) in [5, 5.41) is 24.7. The lowest BCUT2D eigenvalue weighted by atomic mass is 9.95. The molecule has 29 heavy (non-hydrogen) atoms. The lowest BCUT2D eigenvalue weighted by Gasteiger charge is -2.25. The number of anilines is 1. The molecule has 1 unspecified atom stereocenters. The fourth-order valence-electron chi connectivity index (χ4n) is 5.11. The SMILES string of the molecule is O=C1Cc2cc(C(O)CN3C[C@H]4C[C@H](Oc5ccccc5)C[C@@]4(O)C3)ccc2N1. The summed E-state index contributed by atoms with van der Waals surface area (Å²) in [5.74, 6) is 0.997. The van der Waals surface area contributed by atoms with Gasteiger partial charge in [-0.15, -0.1) is 0 Å². The number of aliphatic hydroxyl groups excluding tert-OH is 1. The van der Waals surface area contributed by atoms with Crippen LogP contribution in [-0.2, 0) is 11.2 Å². The number of carbonyl (C=O) groups excluding carboxylic acids is 1. The van der Waals surface area contributed by atoms with Gasteiger partial charge in [0.15, 0.2) is 0 Å². The van der Waals surface area contributed by atoms with Crippen molar-refractivity contribution in [3.63, 3.8) is 0 Å². The van der Waals surface area contributed by atoms with Gasteiger partial charge >= 0.3 is 0 Å². The molecule has 0 radical (unpaired) electrons. The number of aliphatic hydroxyl groups is 2. The van der Waals surface area contributed by atoms with Crippen LogP contribution in [0.4, 0.5) is 5.69 Å². The van der Waals surface area contributed by atoms with E-state index in [2.05, 4.69) is 10.2 Å². The zero-order valence-corrected chi connectivity index (χ0v) is 16.3. The van der Waals surface area contributed by atoms with Crippen molar-refractivity contribution in [1.82, 2.24) is 4.90 Å². The van der Waals surface area contributed by atoms with Crippen LogP contribution in [0.3, 0.4) is 0 Å². The molecule has 2 aliphatic heterocycles. The van der Waals surface area contributed by atoms with Gasteiger partial charge in [0, 0.05) is 37.7 Å². The van der Waals surface area contributed by atoms with Crippen LogP contribution in [0.25, 0.3) is 0 Å². The molecule has 2 aromatic carbocycles. The molecule has 1 saturated carbocycles. The van der Waals surface area contributed by atoms with Crippen molar-refractivity contribution in [2.75, 3.05) is 25.0 Å². The van der Waals surface area contributed by atoms with Crippen LogP contribution >= 0.6 is 0 Å². The maximum absolute atomic E-state index is 11.5. The molecule has 2 aromatic rings. The van der Waals surface area contributed by atoms with E-state index >= 15 is 0 Å². The Balaban J connectivity index is 1.19. The molecule has 6 nitrogen and oxygen atoms in total. The second kappa shape index (κ2) is 7.13. The Bertz CT molecular complexity index is 918. The van der Waals surface area contributed by atoms with Crippen LogP contribution in [0.2, 0.25) is 0 Å². The normalized spacial score (nSPS) is 29.4. The number of hydrogen-bond acceptors (Lipinski definition) is 5. The largest absolute Gasteiger partial charge is 0.490 e. The van der Waals surface area contributed by atoms with Crippen molar-refractivity contribution in [1.29, 1.82) is 0 Å². The van der Waals surface area contributed by atoms with Crippen LogP contribution in [0, 0.1) is 5.92 Å². The molecule has 3 aliphatic rings. The molecule has 5 rings (SSSR count). The van der Waals surface area contributed by atoms with Crippen LogP contribution in [0.5, 0.6) is 5.75 Å². The highest BCUT2D eigenvalue weighted by Gasteiger charge is 2.52. The van der Waals surface area contributed by atoms with Gasteiger partial charge < -0.3 is 20.3 Å². The number of likely N-dealkylation sites (tertiary alicyclic amines) is 1. The van der Waals surface area contributed by atoms with Crippen molar-refractivity contribution in [2.24, 2.45) is 5.92 Å². The first-order valence-corrected chi connectivity index (χ1v) is 10.3. The molecule has 1 aliphatic carbocycles. The predicted molar refractivity (Wildman–Crippen MR) is 109 cm³/mol. The highest BCUT2D eigenvalue weighted by molar-refractivity contribution is 5.99. The van der Waals surface area contributed by atoms with Crippen LogP contribution in [-0.4, -0.2) is 52.4 Å². The molecule has 4 atom stereocenters. The Labute approximate surface area is 170 Å². The first kappa shape index (κ1) is 18.6. The maximum atomic E-state index is 11.5. The maximum Gasteiger partial charge on any atom is 0.228 e. The molecular formula is C23H26N2O4. The number of nitrogens with one attached hydrogen (secondary N) is 1. The van der Waals surface area contributed by atoms with Crippen LogP contribution in [0.15, 0.2) is 48.5 Å². The highest BCUT2D eigenvalue weighted by atomic mass is 16.5. The van der Waals surface area contributed by atoms with Crippen LogP contribution < -0.4 is 10.1 Å². The smallest absolute Gasteiger partial charge is 0.228 e. The molecule has 152 valence electrons. The zero-order chi connectivity index (χ0) is 20.0. The molecule has 0 aromatic heterocycles. The highest BCUT2D eigenvalue weighted by Crippen LogP contribution is 2.43. The average molecular weight is 394 g/mol. The van der Waals surface area contributed by atoms with Crippen molar-refractivity contribution in [3.05, 3.63) is 59.7 Å². The fraction of sp³-hybridized carbons (Fsp3) is 0.435. The van der Waals surface area contributed by atoms with Gasteiger partial charge in [0.2, 0.25) is 5.91 Å². The minimum Gasteiger partial charge on any atom is -0.490 e. The Morgan fingerprint density at radius 1 is 1.24 bits per heavy atom. The van der Waals surface area contributed by atoms with E-state index in [4.69, 9.17) is 4.74 Å². The van der Waals surface area contributed by atoms with Gasteiger partial charge in [-0.2, -0.15) is 0 Å². The van der Waals surface area contributed by atoms with E-state index in [0.717, 1.165) is 35.5 Å². The lowest BCUT2D eigenvalue weighted by molar-refractivity contribution is -0.115. The molecular weight excluding hydrogens is 368 g/mol. The van der Waals surface area contributed by atoms with Gasteiger partial charge in [0.25, 0.3) is 0 Å². The third-order valence-corrected chi connectivity index (χ3v) is 6.48. The summed E-state index contributed by atoms with van der Waals surface area (Å²) in [4.78, 5) is 13.7. The lowest BCUT2D eigenvalue weighted by Crippen LogP contribution is -2.36. The summed E-state index contributed by atoms with van der Waals surface area (Å²) < 4.78 is 6.05. The van der Waals surface area contributed by atoms with Gasteiger partial charge in [-0.25, -0.2) is 0 Å². The monoisotopic (exact) mass is 394 g/mol. The molecule has 0 bridgehead atoms. The first-order chi connectivity index (χ1) is 14.0. The second-order valence-electron chi connectivity index (χ2n) is 8.64. The molecule has 1 saturated heterocycles. The van der Waals surface area contributed by atoms with Gasteiger partial charge in [0.1, 0.15) is 11.9 Å². The first-order valence-electron chi connectivity index (χ1n) is 10.3. The number of carbonyl (C=O) groups is 1. The predicted octanol–water partition coefficient (Wildman–Crippen LogP) is 2.12. The van der Waals surface area contributed by atoms with E-state index in [0.29, 0.717) is 25.9 Å². The molecule has 1 amide bonds. The van der Waals surface area contributed by atoms with Gasteiger partial charge in [0.05, 0.1) is 18.1 Å². The second-order valence-corrected chi connectivity index (χ2v) is 8.64. The summed E-state index contributed by atoms with van der Waals surface area (Å²) in [6.45, 7) is 1.78. The summed E-state index contributed by atoms with van der Waals surface area (Å²) in [6.07, 6.45) is 1.19. The van der Waals surface area contributed by atoms with E-state index in [1.54, 1.807) is 0 Å². The van der Waals surface area contributed by atoms with E-state index in [1.807, 2.05) is 48.5 Å². The van der Waals surface area contributed by atoms with E-state index in [1.165, 1.54) is 0 Å². The van der Waals surface area contributed by atoms with Crippen molar-refractivity contribution in [3.8, 4) is 5.75 Å². The molecule has 0 spiro atoms. The third kappa shape index (κ3) is 3.64. The quantitative estimate of drug-likeness (QED) is 0.724. The summed E-state index contributed by atoms with van der Waals surface area (Å²) in [7, 11) is 0. The Kier molecular flexibility index (Phi) is 4.57. The number of nitrogens with zero attached hydrogens (tertiary/aromatic N) is 1. The third-order valence-electron chi connectivity index (χ3n) is 6.48. The Morgan fingerprint density at radius 3 is 2.86 bits per heavy atom. The van der Waals surface area contributed by atoms with Crippen molar-refractivity contribution in [2.45, 2.75) is 37.1 Å². The van der Waals surface area contributed by atoms with Crippen molar-refractivity contribution >= 4 is 11.6 Å². The number of rotatable bonds is 5.